The number of carbonyl (C=O) groups excluding carboxylic acids is 1. The van der Waals surface area contributed by atoms with Crippen LogP contribution in [0.4, 0.5) is 10.2 Å². The number of amides is 1. The minimum Gasteiger partial charge on any atom is -0.350 e. The van der Waals surface area contributed by atoms with Crippen molar-refractivity contribution in [2.75, 3.05) is 18.0 Å². The molecule has 0 aliphatic carbocycles. The summed E-state index contributed by atoms with van der Waals surface area (Å²) >= 11 is 12.2. The summed E-state index contributed by atoms with van der Waals surface area (Å²) in [6, 6.07) is 8.92. The first-order chi connectivity index (χ1) is 15.2. The molecule has 2 aliphatic rings. The van der Waals surface area contributed by atoms with Gasteiger partial charge in [-0.1, -0.05) is 28.4 Å². The second kappa shape index (κ2) is 7.71. The maximum atomic E-state index is 14.0. The van der Waals surface area contributed by atoms with Crippen molar-refractivity contribution >= 4 is 34.9 Å². The molecule has 0 saturated carbocycles. The molecule has 2 unspecified atom stereocenters. The summed E-state index contributed by atoms with van der Waals surface area (Å²) in [5.74, 6) is 0.960. The highest BCUT2D eigenvalue weighted by molar-refractivity contribution is 6.36. The van der Waals surface area contributed by atoms with Gasteiger partial charge in [0.05, 0.1) is 22.7 Å². The first kappa shape index (κ1) is 21.2. The van der Waals surface area contributed by atoms with Crippen LogP contribution in [0.2, 0.25) is 10.0 Å². The van der Waals surface area contributed by atoms with Crippen LogP contribution in [0.25, 0.3) is 11.4 Å². The molecule has 2 bridgehead atoms. The van der Waals surface area contributed by atoms with E-state index in [4.69, 9.17) is 27.7 Å². The number of fused-ring (bicyclic) bond motifs is 2. The molecule has 3 aromatic rings. The number of hydrogen-bond acceptors (Lipinski definition) is 6. The Morgan fingerprint density at radius 3 is 2.59 bits per heavy atom. The van der Waals surface area contributed by atoms with E-state index in [9.17, 15) is 9.18 Å². The largest absolute Gasteiger partial charge is 0.350 e. The Balaban J connectivity index is 1.28. The highest BCUT2D eigenvalue weighted by Gasteiger charge is 2.46. The normalized spacial score (nSPS) is 20.3. The molecular weight excluding hydrogens is 456 g/mol. The van der Waals surface area contributed by atoms with Crippen LogP contribution >= 0.6 is 23.2 Å². The van der Waals surface area contributed by atoms with E-state index in [1.807, 2.05) is 17.0 Å². The third-order valence-electron chi connectivity index (χ3n) is 5.90. The molecule has 4 heterocycles. The van der Waals surface area contributed by atoms with Crippen LogP contribution in [0, 0.1) is 0 Å². The molecule has 166 valence electrons. The molecule has 7 nitrogen and oxygen atoms in total. The standard InChI is InChI=1S/C22H20Cl2FN5O2/c1-22(2,25)21-27-19(28-32-21)12-3-6-18(26-9-12)29-10-15-8-14(29)11-30(15)20(31)16-5-4-13(23)7-17(16)24/h3-7,9,14-15H,8,10-11H2,1-2H3. The molecule has 5 rings (SSSR count). The van der Waals surface area contributed by atoms with E-state index in [0.717, 1.165) is 12.2 Å². The van der Waals surface area contributed by atoms with Gasteiger partial charge in [0.1, 0.15) is 5.82 Å². The summed E-state index contributed by atoms with van der Waals surface area (Å²) in [4.78, 5) is 25.8. The third kappa shape index (κ3) is 3.71. The van der Waals surface area contributed by atoms with Gasteiger partial charge in [-0.25, -0.2) is 9.37 Å². The number of carbonyl (C=O) groups is 1. The van der Waals surface area contributed by atoms with Crippen molar-refractivity contribution in [1.82, 2.24) is 20.0 Å². The van der Waals surface area contributed by atoms with Crippen molar-refractivity contribution in [1.29, 1.82) is 0 Å². The number of piperazine rings is 1. The molecule has 2 atom stereocenters. The molecular formula is C22H20Cl2FN5O2. The number of rotatable bonds is 4. The average molecular weight is 476 g/mol. The zero-order valence-corrected chi connectivity index (χ0v) is 18.9. The zero-order valence-electron chi connectivity index (χ0n) is 17.4. The second-order valence-corrected chi connectivity index (χ2v) is 9.42. The van der Waals surface area contributed by atoms with E-state index in [1.54, 1.807) is 24.4 Å². The van der Waals surface area contributed by atoms with Gasteiger partial charge in [0.2, 0.25) is 5.82 Å². The lowest BCUT2D eigenvalue weighted by Gasteiger charge is -2.35. The predicted octanol–water partition coefficient (Wildman–Crippen LogP) is 4.75. The maximum Gasteiger partial charge on any atom is 0.264 e. The minimum absolute atomic E-state index is 0.0704. The average Bonchev–Trinajstić information content (AvgIpc) is 3.48. The molecule has 10 heteroatoms. The van der Waals surface area contributed by atoms with E-state index in [2.05, 4.69) is 20.0 Å². The number of benzene rings is 1. The first-order valence-electron chi connectivity index (χ1n) is 10.2. The van der Waals surface area contributed by atoms with Gasteiger partial charge < -0.3 is 14.3 Å². The zero-order chi connectivity index (χ0) is 22.6. The molecule has 2 aliphatic heterocycles. The lowest BCUT2D eigenvalue weighted by atomic mass is 10.1. The number of nitrogens with zero attached hydrogens (tertiary/aromatic N) is 5. The lowest BCUT2D eigenvalue weighted by Crippen LogP contribution is -2.49. The second-order valence-electron chi connectivity index (χ2n) is 8.58. The number of pyridine rings is 1. The molecule has 32 heavy (non-hydrogen) atoms. The van der Waals surface area contributed by atoms with Crippen molar-refractivity contribution in [3.8, 4) is 11.4 Å². The summed E-state index contributed by atoms with van der Waals surface area (Å²) in [5, 5.41) is 4.71. The van der Waals surface area contributed by atoms with E-state index in [0.29, 0.717) is 40.1 Å². The summed E-state index contributed by atoms with van der Waals surface area (Å²) in [5.41, 5.74) is -0.590. The van der Waals surface area contributed by atoms with Gasteiger partial charge >= 0.3 is 0 Å². The minimum atomic E-state index is -1.70. The fourth-order valence-electron chi connectivity index (χ4n) is 4.28. The highest BCUT2D eigenvalue weighted by atomic mass is 35.5. The third-order valence-corrected chi connectivity index (χ3v) is 6.45. The summed E-state index contributed by atoms with van der Waals surface area (Å²) in [6.07, 6.45) is 2.53. The number of alkyl halides is 1. The van der Waals surface area contributed by atoms with Gasteiger partial charge in [0.25, 0.3) is 11.8 Å². The Bertz CT molecular complexity index is 1180. The molecule has 0 radical (unpaired) electrons. The number of anilines is 1. The van der Waals surface area contributed by atoms with Crippen molar-refractivity contribution in [2.24, 2.45) is 0 Å². The van der Waals surface area contributed by atoms with Gasteiger partial charge in [-0.2, -0.15) is 4.98 Å². The Morgan fingerprint density at radius 1 is 1.19 bits per heavy atom. The summed E-state index contributed by atoms with van der Waals surface area (Å²) in [6.45, 7) is 4.02. The first-order valence-corrected chi connectivity index (χ1v) is 11.0. The molecule has 2 saturated heterocycles. The molecule has 0 spiro atoms. The summed E-state index contributed by atoms with van der Waals surface area (Å²) < 4.78 is 19.0. The highest BCUT2D eigenvalue weighted by Crippen LogP contribution is 2.36. The van der Waals surface area contributed by atoms with Gasteiger partial charge in [-0.3, -0.25) is 4.79 Å². The van der Waals surface area contributed by atoms with Crippen LogP contribution in [-0.2, 0) is 5.67 Å². The smallest absolute Gasteiger partial charge is 0.264 e. The molecule has 0 N–H and O–H groups in total. The fourth-order valence-corrected chi connectivity index (χ4v) is 4.77. The van der Waals surface area contributed by atoms with Crippen molar-refractivity contribution in [3.63, 3.8) is 0 Å². The molecule has 1 aromatic carbocycles. The van der Waals surface area contributed by atoms with Crippen LogP contribution in [0.15, 0.2) is 41.1 Å². The maximum absolute atomic E-state index is 14.0. The molecule has 2 fully saturated rings. The number of hydrogen-bond donors (Lipinski definition) is 0. The SMILES string of the molecule is CC(C)(F)c1nc(-c2ccc(N3CC4CC3CN4C(=O)c3ccc(Cl)cc3Cl)nc2)no1. The fraction of sp³-hybridized carbons (Fsp3) is 0.364. The summed E-state index contributed by atoms with van der Waals surface area (Å²) in [7, 11) is 0. The van der Waals surface area contributed by atoms with Gasteiger partial charge in [0.15, 0.2) is 5.67 Å². The van der Waals surface area contributed by atoms with Crippen molar-refractivity contribution < 1.29 is 13.7 Å². The Hall–Kier alpha value is -2.71. The Kier molecular flexibility index (Phi) is 5.09. The van der Waals surface area contributed by atoms with Crippen LogP contribution in [-0.4, -0.2) is 51.1 Å². The van der Waals surface area contributed by atoms with Gasteiger partial charge in [0, 0.05) is 29.9 Å². The van der Waals surface area contributed by atoms with Gasteiger partial charge in [-0.15, -0.1) is 0 Å². The van der Waals surface area contributed by atoms with Crippen LogP contribution in [0.1, 0.15) is 36.5 Å². The molecule has 1 amide bonds. The van der Waals surface area contributed by atoms with E-state index in [1.165, 1.54) is 13.8 Å². The van der Waals surface area contributed by atoms with E-state index in [-0.39, 0.29) is 23.9 Å². The Morgan fingerprint density at radius 2 is 2.00 bits per heavy atom. The van der Waals surface area contributed by atoms with Crippen molar-refractivity contribution in [3.05, 3.63) is 58.0 Å². The molecule has 2 aromatic heterocycles. The monoisotopic (exact) mass is 475 g/mol. The van der Waals surface area contributed by atoms with Crippen LogP contribution in [0.3, 0.4) is 0 Å². The predicted molar refractivity (Wildman–Crippen MR) is 119 cm³/mol. The quantitative estimate of drug-likeness (QED) is 0.541. The van der Waals surface area contributed by atoms with Crippen LogP contribution in [0.5, 0.6) is 0 Å². The topological polar surface area (TPSA) is 75.4 Å². The van der Waals surface area contributed by atoms with Crippen LogP contribution < -0.4 is 4.90 Å². The number of aromatic nitrogens is 3. The van der Waals surface area contributed by atoms with E-state index >= 15 is 0 Å². The number of likely N-dealkylation sites (tertiary alicyclic amines) is 1. The van der Waals surface area contributed by atoms with Crippen molar-refractivity contribution in [2.45, 2.75) is 38.0 Å². The van der Waals surface area contributed by atoms with Gasteiger partial charge in [-0.05, 0) is 50.6 Å². The number of halogens is 3. The van der Waals surface area contributed by atoms with E-state index < -0.39 is 5.67 Å². The lowest BCUT2D eigenvalue weighted by molar-refractivity contribution is 0.0725. The Labute approximate surface area is 194 Å².